The molecule has 0 aliphatic carbocycles. The maximum absolute atomic E-state index is 5.89. The van der Waals surface area contributed by atoms with Gasteiger partial charge in [-0.15, -0.1) is 11.6 Å². The molecule has 0 aliphatic rings. The summed E-state index contributed by atoms with van der Waals surface area (Å²) >= 11 is 15.1. The first-order valence-electron chi connectivity index (χ1n) is 4.51. The van der Waals surface area contributed by atoms with Crippen molar-refractivity contribution in [3.05, 3.63) is 33.5 Å². The van der Waals surface area contributed by atoms with Crippen molar-refractivity contribution in [1.29, 1.82) is 0 Å². The van der Waals surface area contributed by atoms with Crippen molar-refractivity contribution < 1.29 is 4.52 Å². The van der Waals surface area contributed by atoms with Crippen molar-refractivity contribution in [2.45, 2.75) is 12.3 Å². The Morgan fingerprint density at radius 2 is 2.19 bits per heavy atom. The lowest BCUT2D eigenvalue weighted by molar-refractivity contribution is 0.422. The van der Waals surface area contributed by atoms with E-state index in [1.807, 2.05) is 12.1 Å². The van der Waals surface area contributed by atoms with Gasteiger partial charge in [0, 0.05) is 10.0 Å². The molecular weight excluding hydrogens is 315 g/mol. The van der Waals surface area contributed by atoms with Crippen molar-refractivity contribution in [2.24, 2.45) is 0 Å². The van der Waals surface area contributed by atoms with Crippen LogP contribution in [0.25, 0.3) is 11.5 Å². The summed E-state index contributed by atoms with van der Waals surface area (Å²) in [4.78, 5) is 4.18. The molecule has 1 atom stereocenters. The van der Waals surface area contributed by atoms with Crippen molar-refractivity contribution in [3.8, 4) is 11.5 Å². The molecule has 1 unspecified atom stereocenters. The average molecular weight is 322 g/mol. The second-order valence-electron chi connectivity index (χ2n) is 3.20. The largest absolute Gasteiger partial charge is 0.334 e. The summed E-state index contributed by atoms with van der Waals surface area (Å²) < 4.78 is 5.88. The summed E-state index contributed by atoms with van der Waals surface area (Å²) in [6.45, 7) is 1.79. The molecule has 0 saturated carbocycles. The maximum atomic E-state index is 5.89. The van der Waals surface area contributed by atoms with Gasteiger partial charge in [-0.05, 0) is 41.1 Å². The quantitative estimate of drug-likeness (QED) is 0.767. The summed E-state index contributed by atoms with van der Waals surface area (Å²) in [5, 5.41) is 4.14. The smallest absolute Gasteiger partial charge is 0.258 e. The number of rotatable bonds is 2. The van der Waals surface area contributed by atoms with Gasteiger partial charge in [0.05, 0.1) is 10.4 Å². The normalized spacial score (nSPS) is 12.8. The molecule has 2 rings (SSSR count). The third-order valence-corrected chi connectivity index (χ3v) is 3.37. The van der Waals surface area contributed by atoms with E-state index in [0.717, 1.165) is 10.0 Å². The van der Waals surface area contributed by atoms with Gasteiger partial charge in [-0.2, -0.15) is 4.98 Å². The Balaban J connectivity index is 2.39. The molecule has 0 saturated heterocycles. The van der Waals surface area contributed by atoms with Crippen LogP contribution in [0, 0.1) is 0 Å². The molecule has 0 radical (unpaired) electrons. The first-order chi connectivity index (χ1) is 7.58. The van der Waals surface area contributed by atoms with Crippen molar-refractivity contribution >= 4 is 39.1 Å². The first kappa shape index (κ1) is 11.9. The number of aromatic nitrogens is 2. The molecule has 0 fully saturated rings. The van der Waals surface area contributed by atoms with Gasteiger partial charge in [0.25, 0.3) is 5.89 Å². The average Bonchev–Trinajstić information content (AvgIpc) is 2.71. The predicted octanol–water partition coefficient (Wildman–Crippen LogP) is 4.45. The van der Waals surface area contributed by atoms with E-state index in [2.05, 4.69) is 26.1 Å². The molecule has 3 nitrogen and oxygen atoms in total. The molecule has 0 N–H and O–H groups in total. The van der Waals surface area contributed by atoms with E-state index in [1.165, 1.54) is 0 Å². The van der Waals surface area contributed by atoms with Gasteiger partial charge in [-0.1, -0.05) is 16.8 Å². The van der Waals surface area contributed by atoms with Crippen LogP contribution < -0.4 is 0 Å². The first-order valence-corrected chi connectivity index (χ1v) is 6.12. The van der Waals surface area contributed by atoms with Gasteiger partial charge in [-0.3, -0.25) is 0 Å². The Morgan fingerprint density at radius 3 is 2.75 bits per heavy atom. The third-order valence-electron chi connectivity index (χ3n) is 1.96. The molecule has 0 aliphatic heterocycles. The number of hydrogen-bond donors (Lipinski definition) is 0. The van der Waals surface area contributed by atoms with E-state index < -0.39 is 0 Å². The Hall–Kier alpha value is -0.580. The van der Waals surface area contributed by atoms with E-state index in [1.54, 1.807) is 13.0 Å². The highest BCUT2D eigenvalue weighted by Gasteiger charge is 2.13. The van der Waals surface area contributed by atoms with Crippen LogP contribution in [0.1, 0.15) is 18.1 Å². The van der Waals surface area contributed by atoms with Crippen LogP contribution in [-0.4, -0.2) is 10.1 Å². The SMILES string of the molecule is CC(Cl)c1noc(-c2ccc(Cl)c(Br)c2)n1. The van der Waals surface area contributed by atoms with Gasteiger partial charge in [-0.25, -0.2) is 0 Å². The topological polar surface area (TPSA) is 38.9 Å². The molecule has 0 spiro atoms. The monoisotopic (exact) mass is 320 g/mol. The van der Waals surface area contributed by atoms with E-state index in [-0.39, 0.29) is 5.38 Å². The predicted molar refractivity (Wildman–Crippen MR) is 66.7 cm³/mol. The fourth-order valence-corrected chi connectivity index (χ4v) is 1.73. The maximum Gasteiger partial charge on any atom is 0.258 e. The molecule has 1 aromatic heterocycles. The van der Waals surface area contributed by atoms with Crippen LogP contribution in [0.3, 0.4) is 0 Å². The van der Waals surface area contributed by atoms with Gasteiger partial charge >= 0.3 is 0 Å². The number of alkyl halides is 1. The van der Waals surface area contributed by atoms with Crippen LogP contribution in [0.5, 0.6) is 0 Å². The molecule has 2 aromatic rings. The van der Waals surface area contributed by atoms with E-state index >= 15 is 0 Å². The second-order valence-corrected chi connectivity index (χ2v) is 5.12. The highest BCUT2D eigenvalue weighted by molar-refractivity contribution is 9.10. The molecule has 6 heteroatoms. The summed E-state index contributed by atoms with van der Waals surface area (Å²) in [5.41, 5.74) is 0.798. The Labute approximate surface area is 111 Å². The van der Waals surface area contributed by atoms with Gasteiger partial charge < -0.3 is 4.52 Å². The van der Waals surface area contributed by atoms with Crippen LogP contribution in [0.4, 0.5) is 0 Å². The van der Waals surface area contributed by atoms with Gasteiger partial charge in [0.2, 0.25) is 0 Å². The fourth-order valence-electron chi connectivity index (χ4n) is 1.14. The number of nitrogens with zero attached hydrogens (tertiary/aromatic N) is 2. The Morgan fingerprint density at radius 1 is 1.44 bits per heavy atom. The molecule has 1 heterocycles. The summed E-state index contributed by atoms with van der Waals surface area (Å²) in [6, 6.07) is 5.39. The summed E-state index contributed by atoms with van der Waals surface area (Å²) in [5.74, 6) is 0.905. The Bertz CT molecular complexity index is 513. The third kappa shape index (κ3) is 2.39. The minimum atomic E-state index is -0.270. The van der Waals surface area contributed by atoms with Crippen LogP contribution in [-0.2, 0) is 0 Å². The molecule has 84 valence electrons. The minimum absolute atomic E-state index is 0.270. The number of halogens is 3. The number of benzene rings is 1. The lowest BCUT2D eigenvalue weighted by Gasteiger charge is -1.97. The minimum Gasteiger partial charge on any atom is -0.334 e. The fraction of sp³-hybridized carbons (Fsp3) is 0.200. The highest BCUT2D eigenvalue weighted by Crippen LogP contribution is 2.28. The Kier molecular flexibility index (Phi) is 3.52. The zero-order chi connectivity index (χ0) is 11.7. The molecular formula is C10H7BrCl2N2O. The van der Waals surface area contributed by atoms with Crippen molar-refractivity contribution in [1.82, 2.24) is 10.1 Å². The zero-order valence-corrected chi connectivity index (χ0v) is 11.3. The molecule has 1 aromatic carbocycles. The summed E-state index contributed by atoms with van der Waals surface area (Å²) in [7, 11) is 0. The van der Waals surface area contributed by atoms with Crippen molar-refractivity contribution in [3.63, 3.8) is 0 Å². The zero-order valence-electron chi connectivity index (χ0n) is 8.25. The lowest BCUT2D eigenvalue weighted by atomic mass is 10.2. The highest BCUT2D eigenvalue weighted by atomic mass is 79.9. The standard InChI is InChI=1S/C10H7BrCl2N2O/c1-5(12)9-14-10(16-15-9)6-2-3-8(13)7(11)4-6/h2-5H,1H3. The van der Waals surface area contributed by atoms with Crippen molar-refractivity contribution in [2.75, 3.05) is 0 Å². The molecule has 16 heavy (non-hydrogen) atoms. The van der Waals surface area contributed by atoms with Gasteiger partial charge in [0.15, 0.2) is 5.82 Å². The van der Waals surface area contributed by atoms with Gasteiger partial charge in [0.1, 0.15) is 0 Å². The van der Waals surface area contributed by atoms with E-state index in [9.17, 15) is 0 Å². The van der Waals surface area contributed by atoms with Crippen LogP contribution in [0.2, 0.25) is 5.02 Å². The van der Waals surface area contributed by atoms with E-state index in [0.29, 0.717) is 16.7 Å². The van der Waals surface area contributed by atoms with Crippen LogP contribution >= 0.6 is 39.1 Å². The van der Waals surface area contributed by atoms with E-state index in [4.69, 9.17) is 27.7 Å². The number of hydrogen-bond acceptors (Lipinski definition) is 3. The lowest BCUT2D eigenvalue weighted by Crippen LogP contribution is -1.86. The molecule has 0 amide bonds. The molecule has 0 bridgehead atoms. The second kappa shape index (κ2) is 4.73. The summed E-state index contributed by atoms with van der Waals surface area (Å²) in [6.07, 6.45) is 0. The van der Waals surface area contributed by atoms with Crippen LogP contribution in [0.15, 0.2) is 27.2 Å².